The minimum atomic E-state index is -4.40. The number of benzene rings is 2. The predicted molar refractivity (Wildman–Crippen MR) is 103 cm³/mol. The molecule has 0 radical (unpaired) electrons. The van der Waals surface area contributed by atoms with Crippen molar-refractivity contribution < 1.29 is 37.0 Å². The van der Waals surface area contributed by atoms with Crippen molar-refractivity contribution in [1.29, 1.82) is 0 Å². The third-order valence-corrected chi connectivity index (χ3v) is 4.96. The molecule has 1 N–H and O–H groups in total. The molecule has 2 heterocycles. The molecule has 2 amide bonds. The second-order valence-electron chi connectivity index (χ2n) is 7.21. The zero-order valence-electron chi connectivity index (χ0n) is 16.3. The molecule has 164 valence electrons. The maximum atomic E-state index is 12.5. The second-order valence-corrected chi connectivity index (χ2v) is 7.21. The van der Waals surface area contributed by atoms with E-state index in [9.17, 15) is 22.8 Å². The number of amides is 2. The van der Waals surface area contributed by atoms with Gasteiger partial charge in [-0.1, -0.05) is 12.1 Å². The van der Waals surface area contributed by atoms with Gasteiger partial charge in [-0.3, -0.25) is 9.59 Å². The number of hydrogen-bond acceptors (Lipinski definition) is 5. The normalized spacial score (nSPS) is 17.7. The topological polar surface area (TPSA) is 77.1 Å². The van der Waals surface area contributed by atoms with Crippen LogP contribution >= 0.6 is 0 Å². The van der Waals surface area contributed by atoms with Gasteiger partial charge in [-0.05, 0) is 29.8 Å². The average molecular weight is 436 g/mol. The summed E-state index contributed by atoms with van der Waals surface area (Å²) in [7, 11) is 0. The molecule has 0 saturated carbocycles. The highest BCUT2D eigenvalue weighted by Gasteiger charge is 2.35. The number of hydrogen-bond donors (Lipinski definition) is 1. The van der Waals surface area contributed by atoms with Gasteiger partial charge in [-0.2, -0.15) is 13.2 Å². The molecule has 2 aliphatic rings. The zero-order chi connectivity index (χ0) is 22.0. The zero-order valence-corrected chi connectivity index (χ0v) is 16.3. The van der Waals surface area contributed by atoms with E-state index in [1.165, 1.54) is 12.1 Å². The number of ether oxygens (including phenoxy) is 3. The fourth-order valence-corrected chi connectivity index (χ4v) is 3.39. The average Bonchev–Trinajstić information content (AvgIpc) is 3.36. The fourth-order valence-electron chi connectivity index (χ4n) is 3.39. The van der Waals surface area contributed by atoms with Crippen LogP contribution in [0.3, 0.4) is 0 Å². The summed E-state index contributed by atoms with van der Waals surface area (Å²) in [5, 5.41) is 2.77. The minimum Gasteiger partial charge on any atom is -0.484 e. The van der Waals surface area contributed by atoms with E-state index in [1.807, 2.05) is 0 Å². The summed E-state index contributed by atoms with van der Waals surface area (Å²) in [5.74, 6) is 0.319. The van der Waals surface area contributed by atoms with Gasteiger partial charge in [0.15, 0.2) is 18.1 Å². The Bertz CT molecular complexity index is 978. The highest BCUT2D eigenvalue weighted by atomic mass is 19.4. The monoisotopic (exact) mass is 436 g/mol. The number of alkyl halides is 3. The summed E-state index contributed by atoms with van der Waals surface area (Å²) in [6.07, 6.45) is -4.32. The van der Waals surface area contributed by atoms with Gasteiger partial charge in [0.25, 0.3) is 0 Å². The summed E-state index contributed by atoms with van der Waals surface area (Å²) in [6, 6.07) is 11.1. The molecular weight excluding hydrogens is 417 g/mol. The highest BCUT2D eigenvalue weighted by Crippen LogP contribution is 2.37. The standard InChI is InChI=1S/C21H19F3N2O5/c22-21(23,24)11-29-16-4-1-13(2-5-16)9-25-20(28)14-7-19(27)26(10-14)15-3-6-17-18(8-15)31-12-30-17/h1-6,8,14H,7,9-12H2,(H,25,28). The van der Waals surface area contributed by atoms with Gasteiger partial charge in [0.1, 0.15) is 5.75 Å². The Hall–Kier alpha value is -3.43. The fraction of sp³-hybridized carbons (Fsp3) is 0.333. The predicted octanol–water partition coefficient (Wildman–Crippen LogP) is 3.03. The number of fused-ring (bicyclic) bond motifs is 1. The SMILES string of the molecule is O=C(NCc1ccc(OCC(F)(F)F)cc1)C1CC(=O)N(c2ccc3c(c2)OCO3)C1. The van der Waals surface area contributed by atoms with E-state index in [0.717, 1.165) is 0 Å². The minimum absolute atomic E-state index is 0.0878. The molecule has 1 saturated heterocycles. The molecule has 2 aromatic carbocycles. The Balaban J connectivity index is 1.30. The Kier molecular flexibility index (Phi) is 5.62. The molecule has 2 aromatic rings. The van der Waals surface area contributed by atoms with Crippen molar-refractivity contribution in [3.63, 3.8) is 0 Å². The van der Waals surface area contributed by atoms with Gasteiger partial charge in [0.05, 0.1) is 5.92 Å². The van der Waals surface area contributed by atoms with Gasteiger partial charge in [-0.25, -0.2) is 0 Å². The van der Waals surface area contributed by atoms with E-state index in [0.29, 0.717) is 22.7 Å². The van der Waals surface area contributed by atoms with Crippen molar-refractivity contribution in [2.24, 2.45) is 5.92 Å². The summed E-state index contributed by atoms with van der Waals surface area (Å²) in [6.45, 7) is -0.798. The van der Waals surface area contributed by atoms with Crippen LogP contribution in [-0.4, -0.2) is 37.9 Å². The smallest absolute Gasteiger partial charge is 0.422 e. The van der Waals surface area contributed by atoms with Crippen LogP contribution in [-0.2, 0) is 16.1 Å². The molecule has 0 spiro atoms. The van der Waals surface area contributed by atoms with Crippen molar-refractivity contribution in [3.05, 3.63) is 48.0 Å². The van der Waals surface area contributed by atoms with Crippen LogP contribution < -0.4 is 24.4 Å². The lowest BCUT2D eigenvalue weighted by atomic mass is 10.1. The summed E-state index contributed by atoms with van der Waals surface area (Å²) in [4.78, 5) is 26.5. The summed E-state index contributed by atoms with van der Waals surface area (Å²) >= 11 is 0. The Morgan fingerprint density at radius 3 is 2.61 bits per heavy atom. The summed E-state index contributed by atoms with van der Waals surface area (Å²) < 4.78 is 51.8. The van der Waals surface area contributed by atoms with Crippen LogP contribution in [0.4, 0.5) is 18.9 Å². The van der Waals surface area contributed by atoms with Crippen LogP contribution in [0.5, 0.6) is 17.2 Å². The van der Waals surface area contributed by atoms with Gasteiger partial charge in [-0.15, -0.1) is 0 Å². The van der Waals surface area contributed by atoms with E-state index in [-0.39, 0.29) is 43.9 Å². The number of halogens is 3. The van der Waals surface area contributed by atoms with Crippen molar-refractivity contribution in [3.8, 4) is 17.2 Å². The molecule has 2 aliphatic heterocycles. The van der Waals surface area contributed by atoms with Crippen molar-refractivity contribution in [1.82, 2.24) is 5.32 Å². The van der Waals surface area contributed by atoms with E-state index >= 15 is 0 Å². The molecular formula is C21H19F3N2O5. The van der Waals surface area contributed by atoms with Gasteiger partial charge in [0, 0.05) is 31.3 Å². The van der Waals surface area contributed by atoms with Crippen molar-refractivity contribution >= 4 is 17.5 Å². The Morgan fingerprint density at radius 1 is 1.13 bits per heavy atom. The lowest BCUT2D eigenvalue weighted by Gasteiger charge is -2.17. The van der Waals surface area contributed by atoms with Gasteiger partial charge < -0.3 is 24.4 Å². The first-order valence-corrected chi connectivity index (χ1v) is 9.55. The molecule has 31 heavy (non-hydrogen) atoms. The summed E-state index contributed by atoms with van der Waals surface area (Å²) in [5.41, 5.74) is 1.34. The van der Waals surface area contributed by atoms with Gasteiger partial charge >= 0.3 is 6.18 Å². The third-order valence-electron chi connectivity index (χ3n) is 4.96. The quantitative estimate of drug-likeness (QED) is 0.754. The lowest BCUT2D eigenvalue weighted by molar-refractivity contribution is -0.153. The number of nitrogens with zero attached hydrogens (tertiary/aromatic N) is 1. The first kappa shape index (κ1) is 20.8. The molecule has 0 aliphatic carbocycles. The van der Waals surface area contributed by atoms with E-state index in [4.69, 9.17) is 9.47 Å². The molecule has 1 fully saturated rings. The maximum absolute atomic E-state index is 12.5. The Labute approximate surface area is 175 Å². The second kappa shape index (κ2) is 8.37. The molecule has 4 rings (SSSR count). The van der Waals surface area contributed by atoms with Crippen LogP contribution in [0.25, 0.3) is 0 Å². The molecule has 0 aromatic heterocycles. The van der Waals surface area contributed by atoms with Crippen LogP contribution in [0.2, 0.25) is 0 Å². The molecule has 1 unspecified atom stereocenters. The molecule has 0 bridgehead atoms. The van der Waals surface area contributed by atoms with E-state index in [1.54, 1.807) is 35.2 Å². The van der Waals surface area contributed by atoms with E-state index < -0.39 is 18.7 Å². The van der Waals surface area contributed by atoms with Crippen LogP contribution in [0.1, 0.15) is 12.0 Å². The van der Waals surface area contributed by atoms with Crippen molar-refractivity contribution in [2.45, 2.75) is 19.1 Å². The maximum Gasteiger partial charge on any atom is 0.422 e. The number of anilines is 1. The first-order valence-electron chi connectivity index (χ1n) is 9.55. The molecule has 1 atom stereocenters. The van der Waals surface area contributed by atoms with Crippen molar-refractivity contribution in [2.75, 3.05) is 24.8 Å². The first-order chi connectivity index (χ1) is 14.8. The largest absolute Gasteiger partial charge is 0.484 e. The molecule has 10 heteroatoms. The number of nitrogens with one attached hydrogen (secondary N) is 1. The third kappa shape index (κ3) is 5.01. The van der Waals surface area contributed by atoms with Crippen LogP contribution in [0, 0.1) is 5.92 Å². The Morgan fingerprint density at radius 2 is 1.87 bits per heavy atom. The van der Waals surface area contributed by atoms with Crippen LogP contribution in [0.15, 0.2) is 42.5 Å². The number of rotatable bonds is 6. The lowest BCUT2D eigenvalue weighted by Crippen LogP contribution is -2.32. The van der Waals surface area contributed by atoms with Gasteiger partial charge in [0.2, 0.25) is 18.6 Å². The number of carbonyl (C=O) groups excluding carboxylic acids is 2. The molecule has 7 nitrogen and oxygen atoms in total. The number of carbonyl (C=O) groups is 2. The van der Waals surface area contributed by atoms with E-state index in [2.05, 4.69) is 10.1 Å². The highest BCUT2D eigenvalue weighted by molar-refractivity contribution is 6.00.